The summed E-state index contributed by atoms with van der Waals surface area (Å²) in [6, 6.07) is 4.04. The van der Waals surface area contributed by atoms with Gasteiger partial charge in [0.05, 0.1) is 17.5 Å². The molecule has 0 aliphatic heterocycles. The Morgan fingerprint density at radius 3 is 2.91 bits per heavy atom. The maximum absolute atomic E-state index is 12.3. The van der Waals surface area contributed by atoms with Crippen LogP contribution < -0.4 is 5.32 Å². The van der Waals surface area contributed by atoms with Crippen LogP contribution in [0.2, 0.25) is 0 Å². The third-order valence-corrected chi connectivity index (χ3v) is 5.79. The zero-order valence-electron chi connectivity index (χ0n) is 14.3. The van der Waals surface area contributed by atoms with Gasteiger partial charge in [-0.2, -0.15) is 0 Å². The molecular weight excluding hydrogens is 326 g/mol. The Morgan fingerprint density at radius 1 is 1.48 bits per heavy atom. The number of rotatable bonds is 8. The SMILES string of the molecule is CCCCn1c(S[C@H](C)C(=O)NCc2cccs2)nc(C)c1C. The van der Waals surface area contributed by atoms with Gasteiger partial charge in [0.2, 0.25) is 5.91 Å². The molecule has 6 heteroatoms. The Balaban J connectivity index is 1.97. The first-order chi connectivity index (χ1) is 11.0. The molecule has 4 nitrogen and oxygen atoms in total. The van der Waals surface area contributed by atoms with Crippen LogP contribution >= 0.6 is 23.1 Å². The van der Waals surface area contributed by atoms with Crippen molar-refractivity contribution in [2.24, 2.45) is 0 Å². The van der Waals surface area contributed by atoms with E-state index in [1.54, 1.807) is 23.1 Å². The van der Waals surface area contributed by atoms with Gasteiger partial charge < -0.3 is 9.88 Å². The average Bonchev–Trinajstić information content (AvgIpc) is 3.13. The molecule has 23 heavy (non-hydrogen) atoms. The second kappa shape index (κ2) is 8.55. The lowest BCUT2D eigenvalue weighted by Gasteiger charge is -2.13. The van der Waals surface area contributed by atoms with E-state index < -0.39 is 0 Å². The minimum atomic E-state index is -0.156. The molecule has 2 rings (SSSR count). The van der Waals surface area contributed by atoms with Crippen molar-refractivity contribution in [1.29, 1.82) is 0 Å². The van der Waals surface area contributed by atoms with Gasteiger partial charge in [-0.1, -0.05) is 31.2 Å². The molecule has 2 aromatic heterocycles. The number of thioether (sulfide) groups is 1. The number of aryl methyl sites for hydroxylation is 1. The fourth-order valence-electron chi connectivity index (χ4n) is 2.24. The van der Waals surface area contributed by atoms with Crippen molar-refractivity contribution in [2.45, 2.75) is 64.0 Å². The van der Waals surface area contributed by atoms with Gasteiger partial charge in [-0.05, 0) is 38.6 Å². The third kappa shape index (κ3) is 4.85. The fourth-order valence-corrected chi connectivity index (χ4v) is 3.93. The molecule has 0 unspecified atom stereocenters. The highest BCUT2D eigenvalue weighted by Gasteiger charge is 2.19. The molecule has 0 spiro atoms. The van der Waals surface area contributed by atoms with E-state index >= 15 is 0 Å². The van der Waals surface area contributed by atoms with Gasteiger partial charge >= 0.3 is 0 Å². The van der Waals surface area contributed by atoms with E-state index in [-0.39, 0.29) is 11.2 Å². The number of nitrogens with zero attached hydrogens (tertiary/aromatic N) is 2. The lowest BCUT2D eigenvalue weighted by atomic mass is 10.3. The quantitative estimate of drug-likeness (QED) is 0.727. The monoisotopic (exact) mass is 351 g/mol. The van der Waals surface area contributed by atoms with Crippen molar-refractivity contribution in [1.82, 2.24) is 14.9 Å². The van der Waals surface area contributed by atoms with Crippen LogP contribution in [0, 0.1) is 13.8 Å². The number of carbonyl (C=O) groups excluding carboxylic acids is 1. The predicted molar refractivity (Wildman–Crippen MR) is 98.1 cm³/mol. The first-order valence-corrected chi connectivity index (χ1v) is 9.79. The van der Waals surface area contributed by atoms with Crippen LogP contribution in [0.15, 0.2) is 22.7 Å². The van der Waals surface area contributed by atoms with E-state index in [4.69, 9.17) is 0 Å². The molecule has 0 aromatic carbocycles. The molecule has 0 radical (unpaired) electrons. The zero-order valence-corrected chi connectivity index (χ0v) is 15.9. The number of unbranched alkanes of at least 4 members (excludes halogenated alkanes) is 1. The van der Waals surface area contributed by atoms with Crippen molar-refractivity contribution < 1.29 is 4.79 Å². The minimum Gasteiger partial charge on any atom is -0.350 e. The molecule has 0 aliphatic carbocycles. The summed E-state index contributed by atoms with van der Waals surface area (Å²) in [5, 5.41) is 5.82. The summed E-state index contributed by atoms with van der Waals surface area (Å²) < 4.78 is 2.24. The molecule has 0 fully saturated rings. The van der Waals surface area contributed by atoms with Crippen LogP contribution in [0.1, 0.15) is 43.0 Å². The Bertz CT molecular complexity index is 635. The van der Waals surface area contributed by atoms with Gasteiger partial charge in [-0.25, -0.2) is 4.98 Å². The molecule has 0 saturated carbocycles. The molecular formula is C17H25N3OS2. The van der Waals surface area contributed by atoms with E-state index in [1.807, 2.05) is 31.4 Å². The zero-order chi connectivity index (χ0) is 16.8. The topological polar surface area (TPSA) is 46.9 Å². The van der Waals surface area contributed by atoms with Crippen molar-refractivity contribution in [3.8, 4) is 0 Å². The van der Waals surface area contributed by atoms with Gasteiger partial charge in [0.1, 0.15) is 0 Å². The summed E-state index contributed by atoms with van der Waals surface area (Å²) in [4.78, 5) is 18.1. The largest absolute Gasteiger partial charge is 0.350 e. The fraction of sp³-hybridized carbons (Fsp3) is 0.529. The molecule has 1 atom stereocenters. The van der Waals surface area contributed by atoms with Crippen LogP contribution in [0.4, 0.5) is 0 Å². The Morgan fingerprint density at radius 2 is 2.26 bits per heavy atom. The van der Waals surface area contributed by atoms with Crippen LogP contribution in [0.3, 0.4) is 0 Å². The van der Waals surface area contributed by atoms with E-state index in [0.717, 1.165) is 30.2 Å². The summed E-state index contributed by atoms with van der Waals surface area (Å²) in [5.74, 6) is 0.0590. The van der Waals surface area contributed by atoms with Gasteiger partial charge in [0.15, 0.2) is 5.16 Å². The maximum atomic E-state index is 12.3. The van der Waals surface area contributed by atoms with Crippen molar-refractivity contribution >= 4 is 29.0 Å². The minimum absolute atomic E-state index is 0.0590. The first-order valence-electron chi connectivity index (χ1n) is 8.03. The van der Waals surface area contributed by atoms with Gasteiger partial charge in [0, 0.05) is 17.1 Å². The van der Waals surface area contributed by atoms with Crippen LogP contribution in [0.5, 0.6) is 0 Å². The maximum Gasteiger partial charge on any atom is 0.233 e. The van der Waals surface area contributed by atoms with Crippen molar-refractivity contribution in [3.63, 3.8) is 0 Å². The number of carbonyl (C=O) groups is 1. The molecule has 0 saturated heterocycles. The summed E-state index contributed by atoms with van der Waals surface area (Å²) in [6.45, 7) is 9.83. The summed E-state index contributed by atoms with van der Waals surface area (Å²) in [5.41, 5.74) is 2.25. The number of aromatic nitrogens is 2. The molecule has 0 bridgehead atoms. The standard InChI is InChI=1S/C17H25N3OS2/c1-5-6-9-20-13(3)12(2)19-17(20)23-14(4)16(21)18-11-15-8-7-10-22-15/h7-8,10,14H,5-6,9,11H2,1-4H3,(H,18,21)/t14-/m1/s1. The molecule has 0 aliphatic rings. The number of hydrogen-bond donors (Lipinski definition) is 1. The molecule has 2 aromatic rings. The molecule has 1 N–H and O–H groups in total. The Labute approximate surface area is 146 Å². The highest BCUT2D eigenvalue weighted by molar-refractivity contribution is 8.00. The van der Waals surface area contributed by atoms with Gasteiger partial charge in [-0.3, -0.25) is 4.79 Å². The Hall–Kier alpha value is -1.27. The number of thiophene rings is 1. The third-order valence-electron chi connectivity index (χ3n) is 3.83. The predicted octanol–water partition coefficient (Wildman–Crippen LogP) is 4.16. The van der Waals surface area contributed by atoms with E-state index in [9.17, 15) is 4.79 Å². The number of nitrogens with one attached hydrogen (secondary N) is 1. The van der Waals surface area contributed by atoms with E-state index in [1.165, 1.54) is 10.6 Å². The number of imidazole rings is 1. The molecule has 126 valence electrons. The second-order valence-corrected chi connectivity index (χ2v) is 7.97. The summed E-state index contributed by atoms with van der Waals surface area (Å²) in [6.07, 6.45) is 2.28. The highest BCUT2D eigenvalue weighted by Crippen LogP contribution is 2.26. The summed E-state index contributed by atoms with van der Waals surface area (Å²) in [7, 11) is 0. The highest BCUT2D eigenvalue weighted by atomic mass is 32.2. The molecule has 1 amide bonds. The normalized spacial score (nSPS) is 12.3. The number of hydrogen-bond acceptors (Lipinski definition) is 4. The lowest BCUT2D eigenvalue weighted by Crippen LogP contribution is -2.30. The first kappa shape index (κ1) is 18.1. The Kier molecular flexibility index (Phi) is 6.72. The second-order valence-electron chi connectivity index (χ2n) is 5.63. The lowest BCUT2D eigenvalue weighted by molar-refractivity contribution is -0.120. The van der Waals surface area contributed by atoms with Crippen molar-refractivity contribution in [2.75, 3.05) is 0 Å². The summed E-state index contributed by atoms with van der Waals surface area (Å²) >= 11 is 3.20. The van der Waals surface area contributed by atoms with Crippen LogP contribution in [-0.2, 0) is 17.9 Å². The van der Waals surface area contributed by atoms with Crippen molar-refractivity contribution in [3.05, 3.63) is 33.8 Å². The van der Waals surface area contributed by atoms with E-state index in [0.29, 0.717) is 6.54 Å². The van der Waals surface area contributed by atoms with Gasteiger partial charge in [0.25, 0.3) is 0 Å². The smallest absolute Gasteiger partial charge is 0.233 e. The van der Waals surface area contributed by atoms with Gasteiger partial charge in [-0.15, -0.1) is 11.3 Å². The van der Waals surface area contributed by atoms with E-state index in [2.05, 4.69) is 28.7 Å². The van der Waals surface area contributed by atoms with Crippen LogP contribution in [0.25, 0.3) is 0 Å². The average molecular weight is 352 g/mol. The number of amides is 1. The van der Waals surface area contributed by atoms with Crippen LogP contribution in [-0.4, -0.2) is 20.7 Å². The molecule has 2 heterocycles.